The van der Waals surface area contributed by atoms with Gasteiger partial charge in [-0.1, -0.05) is 17.7 Å². The molecule has 2 aromatic rings. The van der Waals surface area contributed by atoms with E-state index in [2.05, 4.69) is 15.6 Å². The van der Waals surface area contributed by atoms with Gasteiger partial charge >= 0.3 is 12.0 Å². The van der Waals surface area contributed by atoms with Gasteiger partial charge in [-0.2, -0.15) is 0 Å². The fourth-order valence-corrected chi connectivity index (χ4v) is 1.60. The van der Waals surface area contributed by atoms with Crippen molar-refractivity contribution in [2.75, 3.05) is 10.6 Å². The maximum atomic E-state index is 11.8. The standard InChI is InChI=1S/C14H13N3O3/c1-9-4-6-10(7-5-9)16-14(20)17-11-3-2-8-15-12(11)13(18)19/h2-8H,1H3,(H,18,19)(H2,16,17,20). The van der Waals surface area contributed by atoms with Crippen molar-refractivity contribution < 1.29 is 14.7 Å². The zero-order chi connectivity index (χ0) is 14.5. The summed E-state index contributed by atoms with van der Waals surface area (Å²) in [5.74, 6) is -1.20. The number of carbonyl (C=O) groups is 2. The topological polar surface area (TPSA) is 91.3 Å². The fraction of sp³-hybridized carbons (Fsp3) is 0.0714. The molecule has 0 aliphatic carbocycles. The Bertz CT molecular complexity index is 638. The van der Waals surface area contributed by atoms with Crippen LogP contribution in [0.1, 0.15) is 16.1 Å². The smallest absolute Gasteiger partial charge is 0.356 e. The third-order valence-electron chi connectivity index (χ3n) is 2.57. The van der Waals surface area contributed by atoms with Crippen LogP contribution in [0.2, 0.25) is 0 Å². The molecule has 102 valence electrons. The highest BCUT2D eigenvalue weighted by Gasteiger charge is 2.13. The number of amides is 2. The first-order valence-corrected chi connectivity index (χ1v) is 5.89. The predicted octanol–water partition coefficient (Wildman–Crippen LogP) is 2.73. The average Bonchev–Trinajstić information content (AvgIpc) is 2.41. The Kier molecular flexibility index (Phi) is 3.95. The minimum absolute atomic E-state index is 0.143. The van der Waals surface area contributed by atoms with Gasteiger partial charge in [-0.25, -0.2) is 14.6 Å². The number of pyridine rings is 1. The molecule has 6 nitrogen and oxygen atoms in total. The van der Waals surface area contributed by atoms with Gasteiger partial charge in [-0.05, 0) is 31.2 Å². The molecule has 0 saturated carbocycles. The first-order valence-electron chi connectivity index (χ1n) is 5.89. The maximum Gasteiger partial charge on any atom is 0.356 e. The van der Waals surface area contributed by atoms with Crippen molar-refractivity contribution in [2.45, 2.75) is 6.92 Å². The van der Waals surface area contributed by atoms with E-state index in [9.17, 15) is 9.59 Å². The largest absolute Gasteiger partial charge is 0.476 e. The minimum atomic E-state index is -1.20. The van der Waals surface area contributed by atoms with Gasteiger partial charge in [0.05, 0.1) is 5.69 Å². The SMILES string of the molecule is Cc1ccc(NC(=O)Nc2cccnc2C(=O)O)cc1. The van der Waals surface area contributed by atoms with Crippen molar-refractivity contribution in [1.82, 2.24) is 4.98 Å². The Morgan fingerprint density at radius 1 is 1.10 bits per heavy atom. The van der Waals surface area contributed by atoms with Crippen molar-refractivity contribution in [3.63, 3.8) is 0 Å². The molecule has 1 aromatic carbocycles. The number of carboxylic acid groups (broad SMARTS) is 1. The maximum absolute atomic E-state index is 11.8. The van der Waals surface area contributed by atoms with Gasteiger partial charge in [0.2, 0.25) is 0 Å². The van der Waals surface area contributed by atoms with E-state index in [-0.39, 0.29) is 11.4 Å². The Morgan fingerprint density at radius 2 is 1.80 bits per heavy atom. The molecule has 1 heterocycles. The zero-order valence-corrected chi connectivity index (χ0v) is 10.8. The minimum Gasteiger partial charge on any atom is -0.476 e. The quantitative estimate of drug-likeness (QED) is 0.800. The van der Waals surface area contributed by atoms with Gasteiger partial charge in [-0.3, -0.25) is 0 Å². The molecule has 1 aromatic heterocycles. The Balaban J connectivity index is 2.08. The number of nitrogens with zero attached hydrogens (tertiary/aromatic N) is 1. The highest BCUT2D eigenvalue weighted by atomic mass is 16.4. The van der Waals surface area contributed by atoms with Crippen molar-refractivity contribution in [2.24, 2.45) is 0 Å². The van der Waals surface area contributed by atoms with Crippen LogP contribution in [-0.4, -0.2) is 22.1 Å². The van der Waals surface area contributed by atoms with Crippen LogP contribution in [0.5, 0.6) is 0 Å². The lowest BCUT2D eigenvalue weighted by Gasteiger charge is -2.09. The van der Waals surface area contributed by atoms with Crippen LogP contribution in [0.15, 0.2) is 42.6 Å². The van der Waals surface area contributed by atoms with Crippen LogP contribution in [0.3, 0.4) is 0 Å². The molecule has 20 heavy (non-hydrogen) atoms. The van der Waals surface area contributed by atoms with Crippen LogP contribution < -0.4 is 10.6 Å². The van der Waals surface area contributed by atoms with Crippen LogP contribution >= 0.6 is 0 Å². The Hall–Kier alpha value is -2.89. The van der Waals surface area contributed by atoms with Gasteiger partial charge in [-0.15, -0.1) is 0 Å². The van der Waals surface area contributed by atoms with Gasteiger partial charge < -0.3 is 15.7 Å². The number of nitrogens with one attached hydrogen (secondary N) is 2. The van der Waals surface area contributed by atoms with E-state index < -0.39 is 12.0 Å². The number of benzene rings is 1. The van der Waals surface area contributed by atoms with E-state index in [1.165, 1.54) is 12.3 Å². The highest BCUT2D eigenvalue weighted by molar-refractivity contribution is 6.03. The summed E-state index contributed by atoms with van der Waals surface area (Å²) in [4.78, 5) is 26.5. The summed E-state index contributed by atoms with van der Waals surface area (Å²) in [5, 5.41) is 14.0. The number of urea groups is 1. The number of aromatic carboxylic acids is 1. The Morgan fingerprint density at radius 3 is 2.45 bits per heavy atom. The third-order valence-corrected chi connectivity index (χ3v) is 2.57. The van der Waals surface area contributed by atoms with Crippen molar-refractivity contribution in [1.29, 1.82) is 0 Å². The van der Waals surface area contributed by atoms with E-state index in [0.29, 0.717) is 5.69 Å². The number of aryl methyl sites for hydroxylation is 1. The van der Waals surface area contributed by atoms with Gasteiger partial charge in [0, 0.05) is 11.9 Å². The molecule has 2 amide bonds. The molecular formula is C14H13N3O3. The molecule has 6 heteroatoms. The summed E-state index contributed by atoms with van der Waals surface area (Å²) in [5.41, 5.74) is 1.64. The molecule has 0 bridgehead atoms. The van der Waals surface area contributed by atoms with E-state index >= 15 is 0 Å². The van der Waals surface area contributed by atoms with E-state index in [0.717, 1.165) is 5.56 Å². The van der Waals surface area contributed by atoms with E-state index in [1.807, 2.05) is 19.1 Å². The molecule has 0 radical (unpaired) electrons. The number of carbonyl (C=O) groups excluding carboxylic acids is 1. The first kappa shape index (κ1) is 13.5. The summed E-state index contributed by atoms with van der Waals surface area (Å²) >= 11 is 0. The van der Waals surface area contributed by atoms with Crippen LogP contribution in [0.4, 0.5) is 16.2 Å². The second kappa shape index (κ2) is 5.83. The van der Waals surface area contributed by atoms with Crippen LogP contribution in [0.25, 0.3) is 0 Å². The van der Waals surface area contributed by atoms with E-state index in [4.69, 9.17) is 5.11 Å². The molecular weight excluding hydrogens is 258 g/mol. The normalized spacial score (nSPS) is 9.85. The summed E-state index contributed by atoms with van der Waals surface area (Å²) in [6.07, 6.45) is 1.35. The molecule has 0 saturated heterocycles. The van der Waals surface area contributed by atoms with Gasteiger partial charge in [0.25, 0.3) is 0 Å². The van der Waals surface area contributed by atoms with Crippen molar-refractivity contribution >= 4 is 23.4 Å². The summed E-state index contributed by atoms with van der Waals surface area (Å²) in [7, 11) is 0. The summed E-state index contributed by atoms with van der Waals surface area (Å²) in [6, 6.07) is 9.75. The van der Waals surface area contributed by atoms with Crippen LogP contribution in [-0.2, 0) is 0 Å². The lowest BCUT2D eigenvalue weighted by atomic mass is 10.2. The predicted molar refractivity (Wildman–Crippen MR) is 75.0 cm³/mol. The molecule has 2 rings (SSSR count). The summed E-state index contributed by atoms with van der Waals surface area (Å²) in [6.45, 7) is 1.94. The number of hydrogen-bond acceptors (Lipinski definition) is 3. The molecule has 0 aliphatic rings. The number of anilines is 2. The Labute approximate surface area is 115 Å². The zero-order valence-electron chi connectivity index (χ0n) is 10.8. The number of carboxylic acids is 1. The molecule has 0 atom stereocenters. The van der Waals surface area contributed by atoms with Crippen molar-refractivity contribution in [3.8, 4) is 0 Å². The van der Waals surface area contributed by atoms with Gasteiger partial charge in [0.1, 0.15) is 0 Å². The first-order chi connectivity index (χ1) is 9.56. The van der Waals surface area contributed by atoms with Crippen LogP contribution in [0, 0.1) is 6.92 Å². The monoisotopic (exact) mass is 271 g/mol. The molecule has 0 unspecified atom stereocenters. The van der Waals surface area contributed by atoms with Crippen molar-refractivity contribution in [3.05, 3.63) is 53.9 Å². The molecule has 0 fully saturated rings. The molecule has 0 spiro atoms. The van der Waals surface area contributed by atoms with Gasteiger partial charge in [0.15, 0.2) is 5.69 Å². The number of rotatable bonds is 3. The average molecular weight is 271 g/mol. The lowest BCUT2D eigenvalue weighted by Crippen LogP contribution is -2.21. The number of hydrogen-bond donors (Lipinski definition) is 3. The highest BCUT2D eigenvalue weighted by Crippen LogP contribution is 2.13. The lowest BCUT2D eigenvalue weighted by molar-refractivity contribution is 0.0692. The number of aromatic nitrogens is 1. The molecule has 3 N–H and O–H groups in total. The second-order valence-corrected chi connectivity index (χ2v) is 4.15. The summed E-state index contributed by atoms with van der Waals surface area (Å²) < 4.78 is 0. The third kappa shape index (κ3) is 3.32. The fourth-order valence-electron chi connectivity index (χ4n) is 1.60. The molecule has 0 aliphatic heterocycles. The second-order valence-electron chi connectivity index (χ2n) is 4.15. The van der Waals surface area contributed by atoms with E-state index in [1.54, 1.807) is 18.2 Å².